The van der Waals surface area contributed by atoms with Crippen LogP contribution in [0.1, 0.15) is 31.4 Å². The van der Waals surface area contributed by atoms with Gasteiger partial charge in [-0.3, -0.25) is 0 Å². The molecule has 2 rings (SSSR count). The van der Waals surface area contributed by atoms with Crippen LogP contribution in [-0.2, 0) is 0 Å². The zero-order valence-corrected chi connectivity index (χ0v) is 13.2. The third kappa shape index (κ3) is 3.68. The monoisotopic (exact) mass is 310 g/mol. The van der Waals surface area contributed by atoms with Gasteiger partial charge >= 0.3 is 6.03 Å². The predicted octanol–water partition coefficient (Wildman–Crippen LogP) is 2.31. The topological polar surface area (TPSA) is 61.8 Å². The molecule has 22 heavy (non-hydrogen) atoms. The normalized spacial score (nSPS) is 16.8. The van der Waals surface area contributed by atoms with Crippen LogP contribution in [-0.4, -0.2) is 43.3 Å². The summed E-state index contributed by atoms with van der Waals surface area (Å²) in [7, 11) is 3.11. The van der Waals surface area contributed by atoms with Crippen LogP contribution in [0.4, 0.5) is 9.18 Å². The van der Waals surface area contributed by atoms with Gasteiger partial charge in [0.1, 0.15) is 0 Å². The zero-order valence-electron chi connectivity index (χ0n) is 13.2. The second-order valence-corrected chi connectivity index (χ2v) is 6.08. The average molecular weight is 310 g/mol. The first-order chi connectivity index (χ1) is 10.4. The lowest BCUT2D eigenvalue weighted by atomic mass is 10.1. The average Bonchev–Trinajstić information content (AvgIpc) is 3.27. The van der Waals surface area contributed by atoms with E-state index in [9.17, 15) is 14.3 Å². The summed E-state index contributed by atoms with van der Waals surface area (Å²) in [6, 6.07) is 4.08. The molecule has 5 nitrogen and oxygen atoms in total. The van der Waals surface area contributed by atoms with Crippen LogP contribution in [0.5, 0.6) is 5.75 Å². The summed E-state index contributed by atoms with van der Waals surface area (Å²) < 4.78 is 18.6. The van der Waals surface area contributed by atoms with E-state index in [1.165, 1.54) is 13.2 Å². The molecular formula is C16H23FN2O3. The van der Waals surface area contributed by atoms with E-state index in [0.717, 1.165) is 12.8 Å². The molecule has 0 bridgehead atoms. The maximum Gasteiger partial charge on any atom is 0.317 e. The Bertz CT molecular complexity index is 546. The van der Waals surface area contributed by atoms with Crippen LogP contribution in [0.3, 0.4) is 0 Å². The Morgan fingerprint density at radius 1 is 1.55 bits per heavy atom. The summed E-state index contributed by atoms with van der Waals surface area (Å²) >= 11 is 0. The summed E-state index contributed by atoms with van der Waals surface area (Å²) in [6.07, 6.45) is 1.89. The Balaban J connectivity index is 1.94. The van der Waals surface area contributed by atoms with Crippen LogP contribution in [0.15, 0.2) is 18.2 Å². The molecule has 1 aliphatic rings. The summed E-state index contributed by atoms with van der Waals surface area (Å²) in [6.45, 7) is 2.43. The van der Waals surface area contributed by atoms with Gasteiger partial charge in [0.15, 0.2) is 11.6 Å². The molecule has 2 amide bonds. The first-order valence-corrected chi connectivity index (χ1v) is 7.37. The molecule has 1 atom stereocenters. The van der Waals surface area contributed by atoms with E-state index >= 15 is 0 Å². The predicted molar refractivity (Wildman–Crippen MR) is 81.3 cm³/mol. The lowest BCUT2D eigenvalue weighted by Gasteiger charge is -2.25. The Morgan fingerprint density at radius 2 is 2.23 bits per heavy atom. The van der Waals surface area contributed by atoms with Crippen molar-refractivity contribution in [3.8, 4) is 5.75 Å². The van der Waals surface area contributed by atoms with Gasteiger partial charge in [-0.1, -0.05) is 6.07 Å². The van der Waals surface area contributed by atoms with Gasteiger partial charge in [-0.25, -0.2) is 9.18 Å². The van der Waals surface area contributed by atoms with Gasteiger partial charge in [0.2, 0.25) is 0 Å². The molecule has 6 heteroatoms. The fourth-order valence-corrected chi connectivity index (χ4v) is 2.45. The second kappa shape index (κ2) is 6.52. The number of hydrogen-bond acceptors (Lipinski definition) is 3. The van der Waals surface area contributed by atoms with Gasteiger partial charge in [-0.05, 0) is 37.5 Å². The van der Waals surface area contributed by atoms with Crippen molar-refractivity contribution in [1.82, 2.24) is 10.2 Å². The van der Waals surface area contributed by atoms with Crippen molar-refractivity contribution in [2.75, 3.05) is 27.3 Å². The number of benzene rings is 1. The van der Waals surface area contributed by atoms with Crippen LogP contribution >= 0.6 is 0 Å². The number of nitrogens with zero attached hydrogens (tertiary/aromatic N) is 1. The van der Waals surface area contributed by atoms with Crippen LogP contribution in [0.2, 0.25) is 0 Å². The van der Waals surface area contributed by atoms with E-state index in [2.05, 4.69) is 5.32 Å². The molecule has 0 unspecified atom stereocenters. The van der Waals surface area contributed by atoms with Gasteiger partial charge in [0.05, 0.1) is 19.8 Å². The minimum atomic E-state index is -0.452. The Hall–Kier alpha value is -1.82. The summed E-state index contributed by atoms with van der Waals surface area (Å²) in [5, 5.41) is 12.1. The first-order valence-electron chi connectivity index (χ1n) is 7.37. The van der Waals surface area contributed by atoms with Crippen molar-refractivity contribution < 1.29 is 19.0 Å². The van der Waals surface area contributed by atoms with Crippen molar-refractivity contribution in [2.24, 2.45) is 5.41 Å². The van der Waals surface area contributed by atoms with Crippen molar-refractivity contribution in [3.05, 3.63) is 29.6 Å². The number of rotatable bonds is 6. The minimum Gasteiger partial charge on any atom is -0.494 e. The van der Waals surface area contributed by atoms with E-state index in [1.54, 1.807) is 31.0 Å². The fourth-order valence-electron chi connectivity index (χ4n) is 2.45. The smallest absolute Gasteiger partial charge is 0.317 e. The number of methoxy groups -OCH3 is 1. The molecule has 0 saturated heterocycles. The molecule has 0 radical (unpaired) electrons. The lowest BCUT2D eigenvalue weighted by Crippen LogP contribution is -2.42. The summed E-state index contributed by atoms with van der Waals surface area (Å²) in [5.74, 6) is -0.273. The first kappa shape index (κ1) is 16.5. The highest BCUT2D eigenvalue weighted by Gasteiger charge is 2.43. The van der Waals surface area contributed by atoms with E-state index in [0.29, 0.717) is 12.1 Å². The van der Waals surface area contributed by atoms with Crippen LogP contribution < -0.4 is 10.1 Å². The van der Waals surface area contributed by atoms with Gasteiger partial charge in [0, 0.05) is 19.0 Å². The van der Waals surface area contributed by atoms with Crippen molar-refractivity contribution in [3.63, 3.8) is 0 Å². The van der Waals surface area contributed by atoms with Gasteiger partial charge in [0.25, 0.3) is 0 Å². The number of amides is 2. The number of nitrogens with one attached hydrogen (secondary N) is 1. The summed E-state index contributed by atoms with van der Waals surface area (Å²) in [4.78, 5) is 13.7. The second-order valence-electron chi connectivity index (χ2n) is 6.08. The molecule has 122 valence electrons. The van der Waals surface area contributed by atoms with E-state index in [1.807, 2.05) is 0 Å². The molecule has 0 heterocycles. The molecule has 0 aromatic heterocycles. The number of aliphatic hydroxyl groups excluding tert-OH is 1. The number of urea groups is 1. The maximum absolute atomic E-state index is 13.7. The molecule has 2 N–H and O–H groups in total. The van der Waals surface area contributed by atoms with Crippen LogP contribution in [0, 0.1) is 11.2 Å². The van der Waals surface area contributed by atoms with E-state index in [-0.39, 0.29) is 29.8 Å². The number of carbonyl (C=O) groups excluding carboxylic acids is 1. The fraction of sp³-hybridized carbons (Fsp3) is 0.562. The molecular weight excluding hydrogens is 287 g/mol. The Kier molecular flexibility index (Phi) is 4.90. The van der Waals surface area contributed by atoms with E-state index < -0.39 is 5.82 Å². The van der Waals surface area contributed by atoms with Crippen molar-refractivity contribution in [1.29, 1.82) is 0 Å². The highest BCUT2D eigenvalue weighted by molar-refractivity contribution is 5.74. The van der Waals surface area contributed by atoms with Crippen molar-refractivity contribution in [2.45, 2.75) is 25.8 Å². The summed E-state index contributed by atoms with van der Waals surface area (Å²) in [5.41, 5.74) is 0.546. The third-order valence-electron chi connectivity index (χ3n) is 4.23. The third-order valence-corrected chi connectivity index (χ3v) is 4.23. The lowest BCUT2D eigenvalue weighted by molar-refractivity contribution is 0.160. The molecule has 1 aromatic rings. The van der Waals surface area contributed by atoms with E-state index in [4.69, 9.17) is 4.74 Å². The van der Waals surface area contributed by atoms with Gasteiger partial charge < -0.3 is 20.1 Å². The maximum atomic E-state index is 13.7. The number of carbonyl (C=O) groups is 1. The Morgan fingerprint density at radius 3 is 2.73 bits per heavy atom. The standard InChI is InChI=1S/C16H23FN2O3/c1-11(12-4-5-14(22-3)13(17)8-12)18-15(21)19(2)9-16(10-20)6-7-16/h4-5,8,11,20H,6-7,9-10H2,1-3H3,(H,18,21)/t11-/m1/s1. The molecule has 1 aliphatic carbocycles. The molecule has 0 spiro atoms. The zero-order chi connectivity index (χ0) is 16.3. The SMILES string of the molecule is COc1ccc([C@@H](C)NC(=O)N(C)CC2(CO)CC2)cc1F. The number of aliphatic hydroxyl groups is 1. The highest BCUT2D eigenvalue weighted by Crippen LogP contribution is 2.45. The number of halogens is 1. The van der Waals surface area contributed by atoms with Gasteiger partial charge in [-0.2, -0.15) is 0 Å². The van der Waals surface area contributed by atoms with Crippen molar-refractivity contribution >= 4 is 6.03 Å². The molecule has 1 aromatic carbocycles. The highest BCUT2D eigenvalue weighted by atomic mass is 19.1. The number of ether oxygens (including phenoxy) is 1. The number of hydrogen-bond donors (Lipinski definition) is 2. The molecule has 0 aliphatic heterocycles. The Labute approximate surface area is 130 Å². The largest absolute Gasteiger partial charge is 0.494 e. The quantitative estimate of drug-likeness (QED) is 0.847. The minimum absolute atomic E-state index is 0.101. The molecule has 1 saturated carbocycles. The van der Waals surface area contributed by atoms with Crippen LogP contribution in [0.25, 0.3) is 0 Å². The molecule has 1 fully saturated rings. The van der Waals surface area contributed by atoms with Gasteiger partial charge in [-0.15, -0.1) is 0 Å².